The minimum atomic E-state index is 0.143. The number of nitrogens with zero attached hydrogens (tertiary/aromatic N) is 7. The molecule has 3 aliphatic rings. The molecule has 2 saturated heterocycles. The lowest BCUT2D eigenvalue weighted by Gasteiger charge is -2.45. The van der Waals surface area contributed by atoms with E-state index >= 15 is 0 Å². The fourth-order valence-electron chi connectivity index (χ4n) is 6.05. The molecule has 1 aromatic carbocycles. The highest BCUT2D eigenvalue weighted by atomic mass is 16.5. The number of benzene rings is 1. The minimum Gasteiger partial charge on any atom is -0.370 e. The molecule has 8 heteroatoms. The number of likely N-dealkylation sites (N-methyl/N-ethyl adjacent to an activating group) is 1. The summed E-state index contributed by atoms with van der Waals surface area (Å²) in [5, 5.41) is 15.5. The summed E-state index contributed by atoms with van der Waals surface area (Å²) in [5.41, 5.74) is 6.60. The summed E-state index contributed by atoms with van der Waals surface area (Å²) < 4.78 is 8.69. The first kappa shape index (κ1) is 22.5. The number of fused-ring (bicyclic) bond motifs is 2. The van der Waals surface area contributed by atoms with Crippen LogP contribution in [-0.2, 0) is 17.7 Å². The second-order valence-corrected chi connectivity index (χ2v) is 10.4. The van der Waals surface area contributed by atoms with Crippen molar-refractivity contribution in [3.05, 3.63) is 53.0 Å². The molecule has 0 aliphatic carbocycles. The highest BCUT2D eigenvalue weighted by molar-refractivity contribution is 5.95. The van der Waals surface area contributed by atoms with Crippen molar-refractivity contribution < 1.29 is 4.74 Å². The molecule has 0 bridgehead atoms. The largest absolute Gasteiger partial charge is 0.370 e. The van der Waals surface area contributed by atoms with Crippen LogP contribution in [0.2, 0.25) is 0 Å². The van der Waals surface area contributed by atoms with Crippen LogP contribution in [0.25, 0.3) is 10.9 Å². The van der Waals surface area contributed by atoms with Gasteiger partial charge in [0, 0.05) is 80.8 Å². The van der Waals surface area contributed by atoms with E-state index in [1.54, 1.807) is 6.20 Å². The Balaban J connectivity index is 1.14. The van der Waals surface area contributed by atoms with Gasteiger partial charge in [0.15, 0.2) is 0 Å². The molecule has 8 nitrogen and oxygen atoms in total. The van der Waals surface area contributed by atoms with Crippen LogP contribution in [0.4, 0.5) is 5.69 Å². The number of morpholine rings is 1. The van der Waals surface area contributed by atoms with Crippen molar-refractivity contribution in [1.82, 2.24) is 24.6 Å². The maximum atomic E-state index is 9.50. The van der Waals surface area contributed by atoms with Crippen molar-refractivity contribution in [1.29, 1.82) is 5.26 Å². The third-order valence-corrected chi connectivity index (χ3v) is 7.76. The topological polar surface area (TPSA) is 73.5 Å². The van der Waals surface area contributed by atoms with Crippen LogP contribution in [0.15, 0.2) is 30.5 Å². The van der Waals surface area contributed by atoms with Gasteiger partial charge < -0.3 is 14.5 Å². The number of aromatic nitrogens is 3. The smallest absolute Gasteiger partial charge is 0.101 e. The van der Waals surface area contributed by atoms with Gasteiger partial charge in [-0.05, 0) is 45.2 Å². The molecule has 2 fully saturated rings. The van der Waals surface area contributed by atoms with Crippen molar-refractivity contribution in [2.24, 2.45) is 0 Å². The summed E-state index contributed by atoms with van der Waals surface area (Å²) in [6.07, 6.45) is 3.14. The van der Waals surface area contributed by atoms with Gasteiger partial charge in [0.05, 0.1) is 35.0 Å². The second-order valence-electron chi connectivity index (χ2n) is 10.4. The predicted molar refractivity (Wildman–Crippen MR) is 135 cm³/mol. The van der Waals surface area contributed by atoms with Crippen LogP contribution in [0.1, 0.15) is 35.5 Å². The molecule has 0 radical (unpaired) electrons. The molecule has 3 aliphatic heterocycles. The van der Waals surface area contributed by atoms with Crippen LogP contribution >= 0.6 is 0 Å². The molecule has 0 saturated carbocycles. The van der Waals surface area contributed by atoms with Crippen LogP contribution in [0.3, 0.4) is 0 Å². The summed E-state index contributed by atoms with van der Waals surface area (Å²) in [4.78, 5) is 11.8. The standard InChI is InChI=1S/C27H33N7O/c1-18-12-33(25-7-6-20(11-28)27-23(25)5-4-9-29-27)16-22(35-18)15-32-13-21(14-32)34-26-8-10-31(3)17-24(26)19(2)30-34/h4-7,9,18,21-22H,8,10,12-17H2,1-3H3. The fraction of sp³-hybridized carbons (Fsp3) is 0.519. The van der Waals surface area contributed by atoms with E-state index in [0.29, 0.717) is 11.6 Å². The van der Waals surface area contributed by atoms with E-state index in [-0.39, 0.29) is 12.2 Å². The van der Waals surface area contributed by atoms with E-state index in [1.807, 2.05) is 12.1 Å². The van der Waals surface area contributed by atoms with Crippen LogP contribution in [-0.4, -0.2) is 83.1 Å². The molecule has 3 aromatic rings. The zero-order valence-corrected chi connectivity index (χ0v) is 20.8. The maximum absolute atomic E-state index is 9.50. The normalized spacial score (nSPS) is 23.8. The average molecular weight is 472 g/mol. The third kappa shape index (κ3) is 4.08. The molecule has 2 unspecified atom stereocenters. The van der Waals surface area contributed by atoms with E-state index in [9.17, 15) is 5.26 Å². The summed E-state index contributed by atoms with van der Waals surface area (Å²) in [6, 6.07) is 10.7. The minimum absolute atomic E-state index is 0.143. The summed E-state index contributed by atoms with van der Waals surface area (Å²) in [5.74, 6) is 0. The number of aryl methyl sites for hydroxylation is 1. The molecule has 2 aromatic heterocycles. The molecule has 2 atom stereocenters. The Morgan fingerprint density at radius 1 is 1.17 bits per heavy atom. The third-order valence-electron chi connectivity index (χ3n) is 7.76. The maximum Gasteiger partial charge on any atom is 0.101 e. The van der Waals surface area contributed by atoms with Crippen LogP contribution in [0.5, 0.6) is 0 Å². The monoisotopic (exact) mass is 471 g/mol. The van der Waals surface area contributed by atoms with E-state index in [4.69, 9.17) is 9.84 Å². The number of likely N-dealkylation sites (tertiary alicyclic amines) is 1. The first-order valence-electron chi connectivity index (χ1n) is 12.7. The van der Waals surface area contributed by atoms with Gasteiger partial charge in [-0.25, -0.2) is 0 Å². The summed E-state index contributed by atoms with van der Waals surface area (Å²) in [7, 11) is 2.19. The van der Waals surface area contributed by atoms with Crippen LogP contribution in [0, 0.1) is 18.3 Å². The molecule has 182 valence electrons. The molecule has 0 spiro atoms. The average Bonchev–Trinajstić information content (AvgIpc) is 3.15. The van der Waals surface area contributed by atoms with Gasteiger partial charge in [0.2, 0.25) is 0 Å². The quantitative estimate of drug-likeness (QED) is 0.579. The molecule has 5 heterocycles. The first-order chi connectivity index (χ1) is 17.0. The number of ether oxygens (including phenoxy) is 1. The van der Waals surface area contributed by atoms with E-state index in [0.717, 1.165) is 68.8 Å². The van der Waals surface area contributed by atoms with Gasteiger partial charge in [-0.15, -0.1) is 0 Å². The van der Waals surface area contributed by atoms with E-state index in [2.05, 4.69) is 63.5 Å². The zero-order valence-electron chi connectivity index (χ0n) is 20.8. The van der Waals surface area contributed by atoms with Crippen molar-refractivity contribution in [3.8, 4) is 6.07 Å². The second kappa shape index (κ2) is 8.90. The number of hydrogen-bond donors (Lipinski definition) is 0. The first-order valence-corrected chi connectivity index (χ1v) is 12.7. The number of anilines is 1. The lowest BCUT2D eigenvalue weighted by Crippen LogP contribution is -2.56. The SMILES string of the molecule is Cc1nn(C2CN(CC3CN(c4ccc(C#N)c5ncccc45)CC(C)O3)C2)c2c1CN(C)CC2. The lowest BCUT2D eigenvalue weighted by atomic mass is 10.0. The number of rotatable bonds is 4. The molecular formula is C27H33N7O. The van der Waals surface area contributed by atoms with Crippen molar-refractivity contribution in [3.63, 3.8) is 0 Å². The Morgan fingerprint density at radius 3 is 2.86 bits per heavy atom. The van der Waals surface area contributed by atoms with Crippen molar-refractivity contribution in [2.45, 2.75) is 45.1 Å². The highest BCUT2D eigenvalue weighted by Gasteiger charge is 2.36. The number of pyridine rings is 1. The van der Waals surface area contributed by atoms with Gasteiger partial charge in [-0.1, -0.05) is 0 Å². The Hall–Kier alpha value is -2.99. The fourth-order valence-corrected chi connectivity index (χ4v) is 6.05. The number of nitriles is 1. The van der Waals surface area contributed by atoms with Gasteiger partial charge in [-0.3, -0.25) is 14.6 Å². The van der Waals surface area contributed by atoms with Gasteiger partial charge in [0.1, 0.15) is 6.07 Å². The molecule has 6 rings (SSSR count). The Kier molecular flexibility index (Phi) is 5.72. The molecule has 0 amide bonds. The summed E-state index contributed by atoms with van der Waals surface area (Å²) in [6.45, 7) is 11.1. The molecule has 35 heavy (non-hydrogen) atoms. The van der Waals surface area contributed by atoms with Crippen molar-refractivity contribution >= 4 is 16.6 Å². The van der Waals surface area contributed by atoms with Crippen molar-refractivity contribution in [2.75, 3.05) is 51.2 Å². The number of hydrogen-bond acceptors (Lipinski definition) is 7. The van der Waals surface area contributed by atoms with E-state index in [1.165, 1.54) is 17.0 Å². The Bertz CT molecular complexity index is 1290. The molecular weight excluding hydrogens is 438 g/mol. The Morgan fingerprint density at radius 2 is 2.03 bits per heavy atom. The lowest BCUT2D eigenvalue weighted by molar-refractivity contribution is -0.0492. The Labute approximate surface area is 206 Å². The van der Waals surface area contributed by atoms with Gasteiger partial charge in [0.25, 0.3) is 0 Å². The van der Waals surface area contributed by atoms with E-state index < -0.39 is 0 Å². The predicted octanol–water partition coefficient (Wildman–Crippen LogP) is 2.75. The van der Waals surface area contributed by atoms with Crippen LogP contribution < -0.4 is 4.90 Å². The zero-order chi connectivity index (χ0) is 24.1. The van der Waals surface area contributed by atoms with Gasteiger partial charge >= 0.3 is 0 Å². The van der Waals surface area contributed by atoms with Gasteiger partial charge in [-0.2, -0.15) is 10.4 Å². The summed E-state index contributed by atoms with van der Waals surface area (Å²) >= 11 is 0. The molecule has 0 N–H and O–H groups in total. The highest BCUT2D eigenvalue weighted by Crippen LogP contribution is 2.32.